The van der Waals surface area contributed by atoms with Gasteiger partial charge in [0.25, 0.3) is 0 Å². The van der Waals surface area contributed by atoms with Gasteiger partial charge in [0.2, 0.25) is 0 Å². The second kappa shape index (κ2) is 104. The number of hydrogen-bond donors (Lipinski definition) is 2. The number of carbonyl (C=O) groups excluding carboxylic acids is 3. The van der Waals surface area contributed by atoms with E-state index < -0.39 is 38.6 Å². The molecule has 0 aromatic carbocycles. The highest BCUT2D eigenvalue weighted by Crippen LogP contribution is 2.43. The molecule has 121 heavy (non-hydrogen) atoms. The van der Waals surface area contributed by atoms with Crippen molar-refractivity contribution in [1.29, 1.82) is 0 Å². The van der Waals surface area contributed by atoms with Gasteiger partial charge in [-0.1, -0.05) is 194 Å². The van der Waals surface area contributed by atoms with E-state index in [4.69, 9.17) is 127 Å². The van der Waals surface area contributed by atoms with Gasteiger partial charge in [0.1, 0.15) is 13.2 Å². The van der Waals surface area contributed by atoms with E-state index in [2.05, 4.69) is 19.2 Å². The average molecular weight is 1780 g/mol. The predicted molar refractivity (Wildman–Crippen MR) is 460 cm³/mol. The number of methoxy groups -OCH3 is 1. The molecular weight excluding hydrogens is 1600 g/mol. The van der Waals surface area contributed by atoms with Crippen LogP contribution in [-0.4, -0.2) is 353 Å². The summed E-state index contributed by atoms with van der Waals surface area (Å²) in [7, 11) is -3.02. The maximum Gasteiger partial charge on any atom is 0.472 e. The summed E-state index contributed by atoms with van der Waals surface area (Å²) < 4.78 is 160. The van der Waals surface area contributed by atoms with E-state index in [-0.39, 0.29) is 52.4 Å². The van der Waals surface area contributed by atoms with Crippen LogP contribution < -0.4 is 5.32 Å². The molecule has 0 aliphatic rings. The molecule has 2 atom stereocenters. The fraction of sp³-hybridized carbons (Fsp3) is 0.966. The SMILES string of the molecule is CCCCCCCCCCCCCCCCCC(=O)OC[C@H](COP(=O)(O)OCCNC(=O)OCCOCCOCCOCCOCCOCCOCCOCCOCCOCCOCCOCCOCCOCCOCCOCCOCCOCCOCCOCCOCCOCCOC)OC(=O)CCCCCCCCCCCCCCCCC. The minimum absolute atomic E-state index is 0.0384. The molecule has 0 saturated carbocycles. The van der Waals surface area contributed by atoms with Crippen molar-refractivity contribution in [3.63, 3.8) is 0 Å². The smallest absolute Gasteiger partial charge is 0.462 e. The Morgan fingerprint density at radius 2 is 0.455 bits per heavy atom. The lowest BCUT2D eigenvalue weighted by Crippen LogP contribution is -2.30. The number of phosphoric acid groups is 1. The molecule has 1 unspecified atom stereocenters. The first kappa shape index (κ1) is 118. The van der Waals surface area contributed by atoms with Gasteiger partial charge in [-0.25, -0.2) is 9.36 Å². The van der Waals surface area contributed by atoms with E-state index >= 15 is 0 Å². The molecule has 1 amide bonds. The Bertz CT molecular complexity index is 2080. The van der Waals surface area contributed by atoms with Crippen molar-refractivity contribution in [2.24, 2.45) is 0 Å². The first-order valence-corrected chi connectivity index (χ1v) is 47.7. The maximum absolute atomic E-state index is 12.9. The molecule has 0 saturated heterocycles. The zero-order valence-corrected chi connectivity index (χ0v) is 76.6. The molecular formula is C87H172NO32P. The number of ether oxygens (including phenoxy) is 25. The molecule has 34 heteroatoms. The number of hydrogen-bond acceptors (Lipinski definition) is 31. The first-order chi connectivity index (χ1) is 59.7. The van der Waals surface area contributed by atoms with E-state index in [0.29, 0.717) is 284 Å². The van der Waals surface area contributed by atoms with E-state index in [1.54, 1.807) is 7.11 Å². The number of unbranched alkanes of at least 4 members (excludes halogenated alkanes) is 28. The Morgan fingerprint density at radius 3 is 0.686 bits per heavy atom. The molecule has 0 heterocycles. The molecule has 0 radical (unpaired) electrons. The highest BCUT2D eigenvalue weighted by Gasteiger charge is 2.26. The van der Waals surface area contributed by atoms with Gasteiger partial charge in [0.15, 0.2) is 6.10 Å². The summed E-state index contributed by atoms with van der Waals surface area (Å²) in [6, 6.07) is 0. The first-order valence-electron chi connectivity index (χ1n) is 46.2. The van der Waals surface area contributed by atoms with Crippen molar-refractivity contribution in [2.75, 3.05) is 324 Å². The highest BCUT2D eigenvalue weighted by molar-refractivity contribution is 7.47. The molecule has 0 fully saturated rings. The van der Waals surface area contributed by atoms with Crippen molar-refractivity contribution in [3.05, 3.63) is 0 Å². The summed E-state index contributed by atoms with van der Waals surface area (Å²) in [6.45, 7) is 22.7. The number of nitrogens with one attached hydrogen (secondary N) is 1. The van der Waals surface area contributed by atoms with Gasteiger partial charge in [-0.05, 0) is 12.8 Å². The van der Waals surface area contributed by atoms with E-state index in [1.807, 2.05) is 0 Å². The second-order valence-electron chi connectivity index (χ2n) is 28.7. The summed E-state index contributed by atoms with van der Waals surface area (Å²) in [5.74, 6) is -0.935. The van der Waals surface area contributed by atoms with Gasteiger partial charge in [0.05, 0.1) is 297 Å². The van der Waals surface area contributed by atoms with Gasteiger partial charge in [-0.15, -0.1) is 0 Å². The van der Waals surface area contributed by atoms with Gasteiger partial charge in [-0.2, -0.15) is 0 Å². The van der Waals surface area contributed by atoms with Crippen LogP contribution in [-0.2, 0) is 142 Å². The van der Waals surface area contributed by atoms with Crippen molar-refractivity contribution >= 4 is 25.9 Å². The van der Waals surface area contributed by atoms with Gasteiger partial charge in [-0.3, -0.25) is 18.6 Å². The topological polar surface area (TPSA) is 350 Å². The Labute approximate surface area is 729 Å². The average Bonchev–Trinajstić information content (AvgIpc) is 0.906. The lowest BCUT2D eigenvalue weighted by atomic mass is 10.0. The minimum atomic E-state index is -4.66. The molecule has 0 bridgehead atoms. The summed E-state index contributed by atoms with van der Waals surface area (Å²) in [4.78, 5) is 48.3. The third-order valence-electron chi connectivity index (χ3n) is 18.1. The van der Waals surface area contributed by atoms with Crippen LogP contribution in [0.1, 0.15) is 219 Å². The van der Waals surface area contributed by atoms with Gasteiger partial charge >= 0.3 is 25.9 Å². The number of phosphoric ester groups is 1. The van der Waals surface area contributed by atoms with Gasteiger partial charge in [0, 0.05) is 26.5 Å². The largest absolute Gasteiger partial charge is 0.472 e. The highest BCUT2D eigenvalue weighted by atomic mass is 31.2. The number of rotatable bonds is 108. The van der Waals surface area contributed by atoms with Crippen molar-refractivity contribution in [2.45, 2.75) is 225 Å². The number of esters is 2. The van der Waals surface area contributed by atoms with Crippen LogP contribution in [0.5, 0.6) is 0 Å². The summed E-state index contributed by atoms with van der Waals surface area (Å²) in [5, 5.41) is 2.43. The fourth-order valence-electron chi connectivity index (χ4n) is 11.3. The third-order valence-corrected chi connectivity index (χ3v) is 19.1. The maximum atomic E-state index is 12.9. The Morgan fingerprint density at radius 1 is 0.248 bits per heavy atom. The molecule has 0 aliphatic carbocycles. The Balaban J connectivity index is 3.70. The summed E-state index contributed by atoms with van der Waals surface area (Å²) in [5.41, 5.74) is 0. The zero-order valence-electron chi connectivity index (χ0n) is 75.7. The van der Waals surface area contributed by atoms with Crippen LogP contribution in [0.25, 0.3) is 0 Å². The monoisotopic (exact) mass is 1770 g/mol. The van der Waals surface area contributed by atoms with Gasteiger partial charge < -0.3 is 129 Å². The van der Waals surface area contributed by atoms with Crippen LogP contribution in [0.15, 0.2) is 0 Å². The third kappa shape index (κ3) is 104. The van der Waals surface area contributed by atoms with Crippen LogP contribution >= 0.6 is 7.82 Å². The normalized spacial score (nSPS) is 12.4. The van der Waals surface area contributed by atoms with E-state index in [0.717, 1.165) is 38.5 Å². The molecule has 2 N–H and O–H groups in total. The predicted octanol–water partition coefficient (Wildman–Crippen LogP) is 12.8. The van der Waals surface area contributed by atoms with Crippen molar-refractivity contribution in [3.8, 4) is 0 Å². The lowest BCUT2D eigenvalue weighted by Gasteiger charge is -2.20. The minimum Gasteiger partial charge on any atom is -0.462 e. The van der Waals surface area contributed by atoms with Crippen molar-refractivity contribution in [1.82, 2.24) is 5.32 Å². The molecule has 33 nitrogen and oxygen atoms in total. The van der Waals surface area contributed by atoms with Crippen LogP contribution in [0, 0.1) is 0 Å². The summed E-state index contributed by atoms with van der Waals surface area (Å²) >= 11 is 0. The molecule has 0 rings (SSSR count). The summed E-state index contributed by atoms with van der Waals surface area (Å²) in [6.07, 6.45) is 34.8. The molecule has 0 spiro atoms. The number of alkyl carbamates (subject to hydrolysis) is 1. The molecule has 0 aromatic heterocycles. The second-order valence-corrected chi connectivity index (χ2v) is 30.2. The standard InChI is InChI=1S/C87H172NO32P/c1-4-6-8-10-12-14-16-18-20-22-24-26-28-30-32-34-85(89)117-82-84(120-86(90)35-33-31-29-27-25-23-21-19-17-15-13-11-9-7-5-2)83-119-121(92,93)118-37-36-88-87(91)116-81-80-115-79-78-114-77-76-113-75-74-112-73-72-111-71-70-110-69-68-109-67-66-108-65-64-107-63-62-106-61-60-105-59-58-104-57-56-103-55-54-102-53-52-101-51-50-100-49-48-99-47-46-98-45-44-97-43-42-96-41-40-95-39-38-94-3/h84H,4-83H2,1-3H3,(H,88,91)(H,92,93)/t84-/m1/s1. The van der Waals surface area contributed by atoms with Crippen LogP contribution in [0.2, 0.25) is 0 Å². The van der Waals surface area contributed by atoms with Crippen molar-refractivity contribution < 1.29 is 151 Å². The van der Waals surface area contributed by atoms with Crippen LogP contribution in [0.3, 0.4) is 0 Å². The lowest BCUT2D eigenvalue weighted by molar-refractivity contribution is -0.161. The Kier molecular flexibility index (Phi) is 102. The van der Waals surface area contributed by atoms with Crippen LogP contribution in [0.4, 0.5) is 4.79 Å². The molecule has 722 valence electrons. The van der Waals surface area contributed by atoms with E-state index in [9.17, 15) is 23.8 Å². The fourth-order valence-corrected chi connectivity index (χ4v) is 12.1. The zero-order chi connectivity index (χ0) is 87.2. The van der Waals surface area contributed by atoms with E-state index in [1.165, 1.54) is 141 Å². The quantitative estimate of drug-likeness (QED) is 0.0247. The molecule has 0 aliphatic heterocycles. The number of amides is 1. The Hall–Kier alpha value is -2.56. The number of carbonyl (C=O) groups is 3. The molecule has 0 aromatic rings.